The largest absolute Gasteiger partial charge is 0.506 e. The molecule has 13 heavy (non-hydrogen) atoms. The first-order valence-electron chi connectivity index (χ1n) is 4.06. The van der Waals surface area contributed by atoms with E-state index >= 15 is 0 Å². The molecule has 0 unspecified atom stereocenters. The number of hydrogen-bond acceptors (Lipinski definition) is 3. The molecule has 0 spiro atoms. The van der Waals surface area contributed by atoms with Gasteiger partial charge >= 0.3 is 0 Å². The van der Waals surface area contributed by atoms with E-state index in [9.17, 15) is 5.11 Å². The third-order valence-electron chi connectivity index (χ3n) is 1.88. The molecule has 0 amide bonds. The molecular formula is C9H12BrNO2. The minimum atomic E-state index is 0.179. The van der Waals surface area contributed by atoms with Crippen molar-refractivity contribution in [2.45, 2.75) is 19.9 Å². The van der Waals surface area contributed by atoms with Gasteiger partial charge in [0.25, 0.3) is 0 Å². The van der Waals surface area contributed by atoms with Gasteiger partial charge in [0, 0.05) is 12.1 Å². The lowest BCUT2D eigenvalue weighted by Crippen LogP contribution is -2.06. The maximum atomic E-state index is 9.55. The molecule has 1 rings (SSSR count). The van der Waals surface area contributed by atoms with Crippen LogP contribution in [0.5, 0.6) is 5.75 Å². The van der Waals surface area contributed by atoms with Gasteiger partial charge in [-0.15, -0.1) is 0 Å². The van der Waals surface area contributed by atoms with Gasteiger partial charge in [-0.3, -0.25) is 0 Å². The Morgan fingerprint density at radius 3 is 2.69 bits per heavy atom. The first kappa shape index (κ1) is 10.5. The van der Waals surface area contributed by atoms with Gasteiger partial charge in [0.05, 0.1) is 4.47 Å². The van der Waals surface area contributed by atoms with E-state index in [4.69, 9.17) is 5.21 Å². The Bertz CT molecular complexity index is 302. The normalized spacial score (nSPS) is 10.4. The van der Waals surface area contributed by atoms with Crippen LogP contribution in [0.3, 0.4) is 0 Å². The number of phenolic OH excluding ortho intramolecular Hbond substituents is 1. The van der Waals surface area contributed by atoms with Crippen molar-refractivity contribution in [3.05, 3.63) is 27.7 Å². The molecule has 3 N–H and O–H groups in total. The molecule has 0 atom stereocenters. The van der Waals surface area contributed by atoms with Gasteiger partial charge in [0.2, 0.25) is 0 Å². The van der Waals surface area contributed by atoms with E-state index in [2.05, 4.69) is 15.9 Å². The highest BCUT2D eigenvalue weighted by Gasteiger charge is 2.06. The van der Waals surface area contributed by atoms with Crippen molar-refractivity contribution < 1.29 is 10.3 Å². The van der Waals surface area contributed by atoms with E-state index in [1.165, 1.54) is 0 Å². The topological polar surface area (TPSA) is 52.5 Å². The predicted molar refractivity (Wildman–Crippen MR) is 53.8 cm³/mol. The summed E-state index contributed by atoms with van der Waals surface area (Å²) in [7, 11) is 0. The lowest BCUT2D eigenvalue weighted by molar-refractivity contribution is 0.160. The zero-order chi connectivity index (χ0) is 9.84. The molecule has 0 aromatic heterocycles. The number of halogens is 1. The van der Waals surface area contributed by atoms with Crippen LogP contribution in [0.15, 0.2) is 16.6 Å². The fourth-order valence-corrected chi connectivity index (χ4v) is 1.69. The van der Waals surface area contributed by atoms with Crippen LogP contribution in [-0.4, -0.2) is 10.3 Å². The number of phenols is 1. The maximum Gasteiger partial charge on any atom is 0.134 e. The molecule has 1 aromatic rings. The average Bonchev–Trinajstić information content (AvgIpc) is 2.13. The zero-order valence-corrected chi connectivity index (χ0v) is 8.93. The van der Waals surface area contributed by atoms with Crippen molar-refractivity contribution in [1.29, 1.82) is 0 Å². The predicted octanol–water partition coefficient (Wildman–Crippen LogP) is 2.20. The van der Waals surface area contributed by atoms with E-state index in [0.29, 0.717) is 10.0 Å². The van der Waals surface area contributed by atoms with Crippen molar-refractivity contribution in [3.8, 4) is 5.75 Å². The van der Waals surface area contributed by atoms with Gasteiger partial charge in [-0.2, -0.15) is 0 Å². The number of nitrogens with one attached hydrogen (secondary N) is 1. The molecule has 0 fully saturated rings. The van der Waals surface area contributed by atoms with Crippen LogP contribution in [0.1, 0.15) is 18.1 Å². The summed E-state index contributed by atoms with van der Waals surface area (Å²) in [6.07, 6.45) is 0.900. The molecule has 0 aliphatic heterocycles. The second kappa shape index (κ2) is 4.60. The molecule has 3 nitrogen and oxygen atoms in total. The van der Waals surface area contributed by atoms with Gasteiger partial charge in [-0.25, -0.2) is 5.48 Å². The third kappa shape index (κ3) is 2.43. The molecule has 0 saturated heterocycles. The molecule has 0 heterocycles. The van der Waals surface area contributed by atoms with E-state index < -0.39 is 0 Å². The Kier molecular flexibility index (Phi) is 3.71. The summed E-state index contributed by atoms with van der Waals surface area (Å²) >= 11 is 3.25. The van der Waals surface area contributed by atoms with Gasteiger partial charge < -0.3 is 10.3 Å². The molecule has 0 aliphatic rings. The molecule has 4 heteroatoms. The quantitative estimate of drug-likeness (QED) is 0.716. The van der Waals surface area contributed by atoms with Crippen LogP contribution in [0.25, 0.3) is 0 Å². The summed E-state index contributed by atoms with van der Waals surface area (Å²) < 4.78 is 0.664. The summed E-state index contributed by atoms with van der Waals surface area (Å²) in [5.74, 6) is 0.179. The van der Waals surface area contributed by atoms with Crippen LogP contribution in [-0.2, 0) is 13.0 Å². The summed E-state index contributed by atoms with van der Waals surface area (Å²) in [6.45, 7) is 2.28. The zero-order valence-electron chi connectivity index (χ0n) is 7.34. The number of benzene rings is 1. The second-order valence-corrected chi connectivity index (χ2v) is 3.63. The number of aryl methyl sites for hydroxylation is 1. The van der Waals surface area contributed by atoms with Crippen LogP contribution in [0.4, 0.5) is 0 Å². The van der Waals surface area contributed by atoms with Gasteiger partial charge in [-0.05, 0) is 34.0 Å². The highest BCUT2D eigenvalue weighted by Crippen LogP contribution is 2.29. The van der Waals surface area contributed by atoms with Crippen molar-refractivity contribution in [2.24, 2.45) is 0 Å². The Morgan fingerprint density at radius 1 is 1.46 bits per heavy atom. The summed E-state index contributed by atoms with van der Waals surface area (Å²) in [5.41, 5.74) is 3.83. The van der Waals surface area contributed by atoms with E-state index in [1.807, 2.05) is 24.5 Å². The minimum Gasteiger partial charge on any atom is -0.506 e. The Labute approximate surface area is 85.5 Å². The molecule has 0 aliphatic carbocycles. The van der Waals surface area contributed by atoms with E-state index in [0.717, 1.165) is 12.0 Å². The van der Waals surface area contributed by atoms with Crippen LogP contribution >= 0.6 is 15.9 Å². The maximum absolute atomic E-state index is 9.55. The van der Waals surface area contributed by atoms with E-state index in [1.54, 1.807) is 0 Å². The van der Waals surface area contributed by atoms with E-state index in [-0.39, 0.29) is 12.3 Å². The van der Waals surface area contributed by atoms with Crippen LogP contribution in [0, 0.1) is 0 Å². The number of aromatic hydroxyl groups is 1. The smallest absolute Gasteiger partial charge is 0.134 e. The van der Waals surface area contributed by atoms with Gasteiger partial charge in [-0.1, -0.05) is 13.0 Å². The molecule has 0 bridgehead atoms. The SMILES string of the molecule is CCc1cc(Br)c(O)c(CNO)c1. The summed E-state index contributed by atoms with van der Waals surface area (Å²) in [4.78, 5) is 0. The first-order chi connectivity index (χ1) is 6.19. The van der Waals surface area contributed by atoms with Crippen molar-refractivity contribution in [1.82, 2.24) is 5.48 Å². The molecule has 0 radical (unpaired) electrons. The van der Waals surface area contributed by atoms with Crippen LogP contribution < -0.4 is 5.48 Å². The lowest BCUT2D eigenvalue weighted by atomic mass is 10.1. The Balaban J connectivity index is 3.09. The lowest BCUT2D eigenvalue weighted by Gasteiger charge is -2.07. The molecule has 72 valence electrons. The standard InChI is InChI=1S/C9H12BrNO2/c1-2-6-3-7(5-11-13)9(12)8(10)4-6/h3-4,11-13H,2,5H2,1H3. The van der Waals surface area contributed by atoms with Gasteiger partial charge in [0.1, 0.15) is 5.75 Å². The average molecular weight is 246 g/mol. The number of rotatable bonds is 3. The highest BCUT2D eigenvalue weighted by molar-refractivity contribution is 9.10. The highest BCUT2D eigenvalue weighted by atomic mass is 79.9. The second-order valence-electron chi connectivity index (χ2n) is 2.77. The van der Waals surface area contributed by atoms with Crippen molar-refractivity contribution >= 4 is 15.9 Å². The summed E-state index contributed by atoms with van der Waals surface area (Å²) in [6, 6.07) is 3.74. The fourth-order valence-electron chi connectivity index (χ4n) is 1.14. The van der Waals surface area contributed by atoms with Crippen molar-refractivity contribution in [2.75, 3.05) is 0 Å². The van der Waals surface area contributed by atoms with Gasteiger partial charge in [0.15, 0.2) is 0 Å². The molecule has 0 saturated carbocycles. The first-order valence-corrected chi connectivity index (χ1v) is 4.85. The minimum absolute atomic E-state index is 0.179. The third-order valence-corrected chi connectivity index (χ3v) is 2.48. The molecular weight excluding hydrogens is 234 g/mol. The number of hydrogen-bond donors (Lipinski definition) is 3. The Hall–Kier alpha value is -0.580. The molecule has 1 aromatic carbocycles. The number of hydroxylamine groups is 1. The summed E-state index contributed by atoms with van der Waals surface area (Å²) in [5, 5.41) is 18.1. The van der Waals surface area contributed by atoms with Crippen molar-refractivity contribution in [3.63, 3.8) is 0 Å². The fraction of sp³-hybridized carbons (Fsp3) is 0.333. The monoisotopic (exact) mass is 245 g/mol. The van der Waals surface area contributed by atoms with Crippen LogP contribution in [0.2, 0.25) is 0 Å². The Morgan fingerprint density at radius 2 is 2.15 bits per heavy atom.